The Morgan fingerprint density at radius 1 is 1.33 bits per heavy atom. The normalized spacial score (nSPS) is 18.0. The highest BCUT2D eigenvalue weighted by Gasteiger charge is 2.40. The van der Waals surface area contributed by atoms with Gasteiger partial charge in [0.15, 0.2) is 0 Å². The Morgan fingerprint density at radius 2 is 2.00 bits per heavy atom. The number of aromatic carboxylic acids is 1. The van der Waals surface area contributed by atoms with E-state index < -0.39 is 5.97 Å². The van der Waals surface area contributed by atoms with Crippen molar-refractivity contribution in [1.29, 1.82) is 0 Å². The number of aliphatic hydroxyl groups is 1. The maximum absolute atomic E-state index is 10.8. The quantitative estimate of drug-likeness (QED) is 0.688. The minimum Gasteiger partial charge on any atom is -0.478 e. The van der Waals surface area contributed by atoms with Gasteiger partial charge in [-0.05, 0) is 48.3 Å². The average molecular weight is 291 g/mol. The summed E-state index contributed by atoms with van der Waals surface area (Å²) in [5, 5.41) is 21.5. The van der Waals surface area contributed by atoms with Crippen LogP contribution in [0.1, 0.15) is 48.5 Å². The van der Waals surface area contributed by atoms with E-state index in [-0.39, 0.29) is 6.61 Å². The number of hydrogen-bond acceptors (Lipinski definition) is 3. The number of carboxylic acid groups (broad SMARTS) is 1. The summed E-state index contributed by atoms with van der Waals surface area (Å²) in [5.41, 5.74) is 1.76. The molecule has 0 aliphatic heterocycles. The highest BCUT2D eigenvalue weighted by atomic mass is 16.4. The van der Waals surface area contributed by atoms with Gasteiger partial charge in [0.2, 0.25) is 0 Å². The lowest BCUT2D eigenvalue weighted by molar-refractivity contribution is 0.0427. The molecule has 1 fully saturated rings. The van der Waals surface area contributed by atoms with E-state index in [0.29, 0.717) is 16.9 Å². The van der Waals surface area contributed by atoms with Crippen molar-refractivity contribution in [2.45, 2.75) is 39.2 Å². The molecule has 4 nitrogen and oxygen atoms in total. The zero-order valence-corrected chi connectivity index (χ0v) is 12.6. The number of hydrogen-bond donors (Lipinski definition) is 3. The molecular weight excluding hydrogens is 266 g/mol. The van der Waals surface area contributed by atoms with Crippen LogP contribution in [0.4, 0.5) is 0 Å². The first-order valence-electron chi connectivity index (χ1n) is 7.71. The third-order valence-corrected chi connectivity index (χ3v) is 4.96. The van der Waals surface area contributed by atoms with Gasteiger partial charge in [-0.1, -0.05) is 25.5 Å². The van der Waals surface area contributed by atoms with E-state index in [1.807, 2.05) is 12.1 Å². The fourth-order valence-corrected chi connectivity index (χ4v) is 3.20. The standard InChI is InChI=1S/C17H25NO3/c1-13(7-10-19)17(8-2-9-17)12-18-11-14-3-5-15(6-4-14)16(20)21/h3-6,13,18-19H,2,7-12H2,1H3,(H,20,21). The molecule has 0 bridgehead atoms. The molecule has 1 atom stereocenters. The van der Waals surface area contributed by atoms with Crippen molar-refractivity contribution in [1.82, 2.24) is 5.32 Å². The Hall–Kier alpha value is -1.39. The van der Waals surface area contributed by atoms with E-state index in [4.69, 9.17) is 10.2 Å². The second-order valence-corrected chi connectivity index (χ2v) is 6.23. The van der Waals surface area contributed by atoms with Gasteiger partial charge in [-0.25, -0.2) is 4.79 Å². The summed E-state index contributed by atoms with van der Waals surface area (Å²) in [6.07, 6.45) is 4.62. The molecule has 4 heteroatoms. The van der Waals surface area contributed by atoms with Crippen LogP contribution in [-0.2, 0) is 6.54 Å². The second kappa shape index (κ2) is 7.05. The summed E-state index contributed by atoms with van der Waals surface area (Å²) >= 11 is 0. The summed E-state index contributed by atoms with van der Waals surface area (Å²) in [4.78, 5) is 10.8. The number of carbonyl (C=O) groups is 1. The number of aliphatic hydroxyl groups excluding tert-OH is 1. The van der Waals surface area contributed by atoms with Crippen LogP contribution in [0.3, 0.4) is 0 Å². The molecule has 1 saturated carbocycles. The van der Waals surface area contributed by atoms with Gasteiger partial charge in [-0.3, -0.25) is 0 Å². The van der Waals surface area contributed by atoms with Gasteiger partial charge >= 0.3 is 5.97 Å². The average Bonchev–Trinajstić information content (AvgIpc) is 2.42. The monoisotopic (exact) mass is 291 g/mol. The van der Waals surface area contributed by atoms with Crippen molar-refractivity contribution in [3.05, 3.63) is 35.4 Å². The Balaban J connectivity index is 1.84. The van der Waals surface area contributed by atoms with E-state index in [9.17, 15) is 4.79 Å². The first-order valence-corrected chi connectivity index (χ1v) is 7.71. The molecule has 3 N–H and O–H groups in total. The minimum atomic E-state index is -0.888. The highest BCUT2D eigenvalue weighted by molar-refractivity contribution is 5.87. The predicted molar refractivity (Wildman–Crippen MR) is 82.3 cm³/mol. The highest BCUT2D eigenvalue weighted by Crippen LogP contribution is 2.47. The molecule has 21 heavy (non-hydrogen) atoms. The lowest BCUT2D eigenvalue weighted by Crippen LogP contribution is -2.44. The maximum Gasteiger partial charge on any atom is 0.335 e. The summed E-state index contributed by atoms with van der Waals surface area (Å²) in [5.74, 6) is -0.348. The van der Waals surface area contributed by atoms with Crippen molar-refractivity contribution in [2.24, 2.45) is 11.3 Å². The first kappa shape index (κ1) is 16.0. The van der Waals surface area contributed by atoms with Gasteiger partial charge in [0, 0.05) is 19.7 Å². The Morgan fingerprint density at radius 3 is 2.48 bits per heavy atom. The fraction of sp³-hybridized carbons (Fsp3) is 0.588. The molecule has 0 aromatic heterocycles. The van der Waals surface area contributed by atoms with Crippen LogP contribution in [0.5, 0.6) is 0 Å². The number of benzene rings is 1. The Bertz CT molecular complexity index is 465. The molecule has 1 unspecified atom stereocenters. The topological polar surface area (TPSA) is 69.6 Å². The molecule has 1 aliphatic carbocycles. The molecule has 116 valence electrons. The van der Waals surface area contributed by atoms with Crippen LogP contribution >= 0.6 is 0 Å². The van der Waals surface area contributed by atoms with Gasteiger partial charge in [0.1, 0.15) is 0 Å². The molecule has 0 saturated heterocycles. The van der Waals surface area contributed by atoms with Crippen molar-refractivity contribution < 1.29 is 15.0 Å². The zero-order valence-electron chi connectivity index (χ0n) is 12.6. The molecule has 0 amide bonds. The minimum absolute atomic E-state index is 0.263. The third-order valence-electron chi connectivity index (χ3n) is 4.96. The van der Waals surface area contributed by atoms with E-state index >= 15 is 0 Å². The van der Waals surface area contributed by atoms with Crippen molar-refractivity contribution in [2.75, 3.05) is 13.2 Å². The summed E-state index contributed by atoms with van der Waals surface area (Å²) in [6.45, 7) is 4.22. The van der Waals surface area contributed by atoms with Crippen molar-refractivity contribution in [3.63, 3.8) is 0 Å². The molecule has 1 aromatic carbocycles. The second-order valence-electron chi connectivity index (χ2n) is 6.23. The molecule has 2 rings (SSSR count). The first-order chi connectivity index (χ1) is 10.1. The molecular formula is C17H25NO3. The number of nitrogens with one attached hydrogen (secondary N) is 1. The maximum atomic E-state index is 10.8. The van der Waals surface area contributed by atoms with E-state index in [1.54, 1.807) is 12.1 Å². The van der Waals surface area contributed by atoms with Crippen LogP contribution in [0.15, 0.2) is 24.3 Å². The zero-order chi connectivity index (χ0) is 15.3. The van der Waals surface area contributed by atoms with E-state index in [1.165, 1.54) is 19.3 Å². The largest absolute Gasteiger partial charge is 0.478 e. The van der Waals surface area contributed by atoms with Crippen LogP contribution in [0.2, 0.25) is 0 Å². The third kappa shape index (κ3) is 3.83. The lowest BCUT2D eigenvalue weighted by atomic mass is 9.60. The van der Waals surface area contributed by atoms with Crippen LogP contribution in [0, 0.1) is 11.3 Å². The van der Waals surface area contributed by atoms with Crippen molar-refractivity contribution >= 4 is 5.97 Å². The predicted octanol–water partition coefficient (Wildman–Crippen LogP) is 2.66. The van der Waals surface area contributed by atoms with Gasteiger partial charge in [0.05, 0.1) is 5.56 Å². The van der Waals surface area contributed by atoms with E-state index in [0.717, 1.165) is 25.1 Å². The van der Waals surface area contributed by atoms with Gasteiger partial charge in [0.25, 0.3) is 0 Å². The Labute approximate surface area is 126 Å². The molecule has 1 aromatic rings. The van der Waals surface area contributed by atoms with Crippen LogP contribution < -0.4 is 5.32 Å². The van der Waals surface area contributed by atoms with Crippen LogP contribution in [0.25, 0.3) is 0 Å². The molecule has 0 spiro atoms. The lowest BCUT2D eigenvalue weighted by Gasteiger charge is -2.47. The SMILES string of the molecule is CC(CCO)C1(CNCc2ccc(C(=O)O)cc2)CCC1. The molecule has 0 heterocycles. The summed E-state index contributed by atoms with van der Waals surface area (Å²) in [7, 11) is 0. The van der Waals surface area contributed by atoms with Gasteiger partial charge in [-0.15, -0.1) is 0 Å². The van der Waals surface area contributed by atoms with Gasteiger partial charge in [-0.2, -0.15) is 0 Å². The number of rotatable bonds is 8. The fourth-order valence-electron chi connectivity index (χ4n) is 3.20. The summed E-state index contributed by atoms with van der Waals surface area (Å²) in [6, 6.07) is 7.02. The summed E-state index contributed by atoms with van der Waals surface area (Å²) < 4.78 is 0. The van der Waals surface area contributed by atoms with Gasteiger partial charge < -0.3 is 15.5 Å². The smallest absolute Gasteiger partial charge is 0.335 e. The van der Waals surface area contributed by atoms with E-state index in [2.05, 4.69) is 12.2 Å². The number of carboxylic acids is 1. The van der Waals surface area contributed by atoms with Crippen LogP contribution in [-0.4, -0.2) is 29.3 Å². The molecule has 0 radical (unpaired) electrons. The molecule has 1 aliphatic rings. The van der Waals surface area contributed by atoms with Crippen molar-refractivity contribution in [3.8, 4) is 0 Å². The Kier molecular flexibility index (Phi) is 5.37.